The molecule has 0 aliphatic carbocycles. The summed E-state index contributed by atoms with van der Waals surface area (Å²) in [5.41, 5.74) is 12.2. The van der Waals surface area contributed by atoms with Crippen LogP contribution in [0.3, 0.4) is 0 Å². The maximum atomic E-state index is 6.39. The summed E-state index contributed by atoms with van der Waals surface area (Å²) in [6.07, 6.45) is 0. The van der Waals surface area contributed by atoms with Crippen LogP contribution in [0.15, 0.2) is 205 Å². The van der Waals surface area contributed by atoms with Gasteiger partial charge >= 0.3 is 0 Å². The van der Waals surface area contributed by atoms with Crippen LogP contribution < -0.4 is 4.90 Å². The van der Waals surface area contributed by atoms with Crippen LogP contribution in [0.4, 0.5) is 17.1 Å². The van der Waals surface area contributed by atoms with E-state index in [0.29, 0.717) is 0 Å². The van der Waals surface area contributed by atoms with E-state index in [4.69, 9.17) is 4.42 Å². The molecule has 3 heteroatoms. The van der Waals surface area contributed by atoms with Gasteiger partial charge in [0, 0.05) is 54.1 Å². The largest absolute Gasteiger partial charge is 0.456 e. The van der Waals surface area contributed by atoms with Crippen molar-refractivity contribution in [2.45, 2.75) is 0 Å². The molecule has 0 spiro atoms. The van der Waals surface area contributed by atoms with E-state index in [1.807, 2.05) is 23.5 Å². The molecule has 0 unspecified atom stereocenters. The molecule has 2 heterocycles. The molecule has 0 aliphatic rings. The zero-order chi connectivity index (χ0) is 36.3. The summed E-state index contributed by atoms with van der Waals surface area (Å²) in [5, 5.41) is 7.40. The van der Waals surface area contributed by atoms with Gasteiger partial charge in [-0.2, -0.15) is 0 Å². The molecule has 0 atom stereocenters. The Morgan fingerprint density at radius 2 is 0.945 bits per heavy atom. The van der Waals surface area contributed by atoms with Crippen LogP contribution in [-0.2, 0) is 0 Å². The highest BCUT2D eigenvalue weighted by molar-refractivity contribution is 7.25. The number of hydrogen-bond acceptors (Lipinski definition) is 3. The Balaban J connectivity index is 1.00. The van der Waals surface area contributed by atoms with E-state index < -0.39 is 0 Å². The van der Waals surface area contributed by atoms with Gasteiger partial charge in [0.1, 0.15) is 11.2 Å². The van der Waals surface area contributed by atoms with Gasteiger partial charge in [-0.25, -0.2) is 0 Å². The van der Waals surface area contributed by atoms with E-state index in [1.54, 1.807) is 0 Å². The maximum Gasteiger partial charge on any atom is 0.137 e. The molecule has 11 rings (SSSR count). The number of benzene rings is 9. The zero-order valence-corrected chi connectivity index (χ0v) is 30.6. The topological polar surface area (TPSA) is 16.4 Å². The molecule has 2 aromatic heterocycles. The van der Waals surface area contributed by atoms with Gasteiger partial charge in [0.2, 0.25) is 0 Å². The summed E-state index contributed by atoms with van der Waals surface area (Å²) in [4.78, 5) is 2.33. The first-order valence-electron chi connectivity index (χ1n) is 18.7. The van der Waals surface area contributed by atoms with Gasteiger partial charge in [-0.3, -0.25) is 0 Å². The van der Waals surface area contributed by atoms with E-state index >= 15 is 0 Å². The van der Waals surface area contributed by atoms with E-state index in [-0.39, 0.29) is 0 Å². The van der Waals surface area contributed by atoms with Gasteiger partial charge in [-0.1, -0.05) is 133 Å². The number of thiophene rings is 1. The van der Waals surface area contributed by atoms with Crippen molar-refractivity contribution < 1.29 is 4.42 Å². The number of furan rings is 1. The second-order valence-electron chi connectivity index (χ2n) is 14.1. The zero-order valence-electron chi connectivity index (χ0n) is 29.8. The van der Waals surface area contributed by atoms with Crippen LogP contribution in [0, 0.1) is 0 Å². The number of hydrogen-bond donors (Lipinski definition) is 0. The van der Waals surface area contributed by atoms with E-state index in [9.17, 15) is 0 Å². The average molecular weight is 720 g/mol. The van der Waals surface area contributed by atoms with Crippen molar-refractivity contribution in [3.63, 3.8) is 0 Å². The van der Waals surface area contributed by atoms with Crippen LogP contribution >= 0.6 is 11.3 Å². The highest BCUT2D eigenvalue weighted by atomic mass is 32.1. The van der Waals surface area contributed by atoms with Gasteiger partial charge in [0.25, 0.3) is 0 Å². The van der Waals surface area contributed by atoms with Gasteiger partial charge in [0.15, 0.2) is 0 Å². The quantitative estimate of drug-likeness (QED) is 0.170. The minimum Gasteiger partial charge on any atom is -0.456 e. The third-order valence-corrected chi connectivity index (χ3v) is 12.0. The molecule has 0 radical (unpaired) electrons. The van der Waals surface area contributed by atoms with Crippen molar-refractivity contribution in [3.05, 3.63) is 200 Å². The molecule has 11 aromatic rings. The first-order valence-corrected chi connectivity index (χ1v) is 19.5. The van der Waals surface area contributed by atoms with E-state index in [2.05, 4.69) is 193 Å². The second kappa shape index (κ2) is 12.9. The van der Waals surface area contributed by atoms with Crippen LogP contribution in [0.5, 0.6) is 0 Å². The molecule has 0 amide bonds. The monoisotopic (exact) mass is 719 g/mol. The molecule has 0 fully saturated rings. The first kappa shape index (κ1) is 31.6. The van der Waals surface area contributed by atoms with E-state index in [0.717, 1.165) is 39.0 Å². The summed E-state index contributed by atoms with van der Waals surface area (Å²) >= 11 is 1.86. The Hall–Kier alpha value is -6.94. The number of nitrogens with zero attached hydrogens (tertiary/aromatic N) is 1. The lowest BCUT2D eigenvalue weighted by atomic mass is 9.95. The fourth-order valence-electron chi connectivity index (χ4n) is 8.25. The smallest absolute Gasteiger partial charge is 0.137 e. The number of fused-ring (bicyclic) bond motifs is 7. The SMILES string of the molecule is c1cc(-c2ccc(N(c3ccc(-c4cccc5sc6ccccc6c45)cc3)c3ccc4c(c3)oc3ccccc34)cc2)cc(-c2cccc3ccccc23)c1. The minimum atomic E-state index is 0.873. The number of rotatable bonds is 6. The lowest BCUT2D eigenvalue weighted by molar-refractivity contribution is 0.669. The standard InChI is InChI=1S/C52H33NOS/c1-2-14-42-35(10-1)11-8-17-43(42)38-13-7-12-37(32-38)34-22-26-39(27-23-34)53(41-30-31-46-45-15-3-5-19-48(45)54-49(46)33-41)40-28-24-36(25-29-40)44-18-9-21-51-52(44)47-16-4-6-20-50(47)55-51/h1-33H. The predicted octanol–water partition coefficient (Wildman–Crippen LogP) is 15.6. The highest BCUT2D eigenvalue weighted by Crippen LogP contribution is 2.43. The summed E-state index contributed by atoms with van der Waals surface area (Å²) in [5.74, 6) is 0. The van der Waals surface area contributed by atoms with Crippen molar-refractivity contribution >= 4 is 81.3 Å². The van der Waals surface area contributed by atoms with Gasteiger partial charge < -0.3 is 9.32 Å². The second-order valence-corrected chi connectivity index (χ2v) is 15.2. The maximum absolute atomic E-state index is 6.39. The Bertz CT molecular complexity index is 3200. The summed E-state index contributed by atoms with van der Waals surface area (Å²) < 4.78 is 9.01. The third kappa shape index (κ3) is 5.40. The van der Waals surface area contributed by atoms with Gasteiger partial charge in [-0.15, -0.1) is 11.3 Å². The Morgan fingerprint density at radius 1 is 0.345 bits per heavy atom. The molecule has 258 valence electrons. The van der Waals surface area contributed by atoms with Crippen LogP contribution in [0.2, 0.25) is 0 Å². The molecular weight excluding hydrogens is 687 g/mol. The fourth-order valence-corrected chi connectivity index (χ4v) is 9.38. The predicted molar refractivity (Wildman–Crippen MR) is 235 cm³/mol. The van der Waals surface area contributed by atoms with Crippen molar-refractivity contribution in [2.75, 3.05) is 4.90 Å². The lowest BCUT2D eigenvalue weighted by Crippen LogP contribution is -2.09. The number of para-hydroxylation sites is 1. The van der Waals surface area contributed by atoms with Crippen molar-refractivity contribution in [1.82, 2.24) is 0 Å². The lowest BCUT2D eigenvalue weighted by Gasteiger charge is -2.26. The molecule has 0 aliphatic heterocycles. The molecule has 0 saturated carbocycles. The highest BCUT2D eigenvalue weighted by Gasteiger charge is 2.17. The van der Waals surface area contributed by atoms with Crippen LogP contribution in [-0.4, -0.2) is 0 Å². The van der Waals surface area contributed by atoms with Crippen LogP contribution in [0.1, 0.15) is 0 Å². The van der Waals surface area contributed by atoms with Crippen molar-refractivity contribution in [1.29, 1.82) is 0 Å². The first-order chi connectivity index (χ1) is 27.2. The molecule has 0 saturated heterocycles. The van der Waals surface area contributed by atoms with Gasteiger partial charge in [0.05, 0.1) is 0 Å². The number of anilines is 3. The summed E-state index contributed by atoms with van der Waals surface area (Å²) in [7, 11) is 0. The average Bonchev–Trinajstić information content (AvgIpc) is 3.82. The fraction of sp³-hybridized carbons (Fsp3) is 0. The molecule has 9 aromatic carbocycles. The Kier molecular flexibility index (Phi) is 7.39. The Labute approximate surface area is 322 Å². The minimum absolute atomic E-state index is 0.873. The summed E-state index contributed by atoms with van der Waals surface area (Å²) in [6, 6.07) is 72.2. The third-order valence-electron chi connectivity index (χ3n) is 10.9. The summed E-state index contributed by atoms with van der Waals surface area (Å²) in [6.45, 7) is 0. The van der Waals surface area contributed by atoms with Gasteiger partial charge in [-0.05, 0) is 105 Å². The molecule has 0 bridgehead atoms. The van der Waals surface area contributed by atoms with E-state index in [1.165, 1.54) is 64.3 Å². The normalized spacial score (nSPS) is 11.6. The molecule has 55 heavy (non-hydrogen) atoms. The Morgan fingerprint density at radius 3 is 1.80 bits per heavy atom. The molecule has 2 nitrogen and oxygen atoms in total. The molecule has 0 N–H and O–H groups in total. The van der Waals surface area contributed by atoms with Crippen molar-refractivity contribution in [2.24, 2.45) is 0 Å². The van der Waals surface area contributed by atoms with Crippen LogP contribution in [0.25, 0.3) is 86.3 Å². The van der Waals surface area contributed by atoms with Crippen molar-refractivity contribution in [3.8, 4) is 33.4 Å². The molecular formula is C52H33NOS.